The van der Waals surface area contributed by atoms with Crippen LogP contribution in [0.1, 0.15) is 11.6 Å². The van der Waals surface area contributed by atoms with Gasteiger partial charge in [-0.15, -0.1) is 10.2 Å². The molecule has 0 saturated carbocycles. The van der Waals surface area contributed by atoms with Crippen LogP contribution in [0.4, 0.5) is 0 Å². The van der Waals surface area contributed by atoms with Gasteiger partial charge in [0.25, 0.3) is 0 Å². The SMILES string of the molecule is O=C(/C=C/c1ccco1)NCCc1nnc2ccccn12. The molecule has 1 amide bonds. The molecule has 0 aliphatic rings. The minimum Gasteiger partial charge on any atom is -0.465 e. The van der Waals surface area contributed by atoms with Gasteiger partial charge >= 0.3 is 0 Å². The van der Waals surface area contributed by atoms with Crippen LogP contribution >= 0.6 is 0 Å². The third kappa shape index (κ3) is 3.17. The summed E-state index contributed by atoms with van der Waals surface area (Å²) >= 11 is 0. The number of carbonyl (C=O) groups is 1. The van der Waals surface area contributed by atoms with Gasteiger partial charge in [-0.3, -0.25) is 9.20 Å². The van der Waals surface area contributed by atoms with Gasteiger partial charge in [0.05, 0.1) is 6.26 Å². The number of amides is 1. The molecule has 1 N–H and O–H groups in total. The first-order chi connectivity index (χ1) is 10.3. The van der Waals surface area contributed by atoms with Gasteiger partial charge in [0.2, 0.25) is 5.91 Å². The number of rotatable bonds is 5. The Morgan fingerprint density at radius 3 is 3.10 bits per heavy atom. The summed E-state index contributed by atoms with van der Waals surface area (Å²) in [4.78, 5) is 11.6. The van der Waals surface area contributed by atoms with Crippen LogP contribution < -0.4 is 5.32 Å². The zero-order valence-corrected chi connectivity index (χ0v) is 11.3. The van der Waals surface area contributed by atoms with E-state index in [-0.39, 0.29) is 5.91 Å². The van der Waals surface area contributed by atoms with Gasteiger partial charge in [-0.2, -0.15) is 0 Å². The Labute approximate surface area is 121 Å². The van der Waals surface area contributed by atoms with Crippen LogP contribution in [-0.4, -0.2) is 27.0 Å². The molecule has 0 bridgehead atoms. The van der Waals surface area contributed by atoms with Gasteiger partial charge in [-0.25, -0.2) is 0 Å². The predicted octanol–water partition coefficient (Wildman–Crippen LogP) is 1.69. The molecule has 3 aromatic heterocycles. The third-order valence-corrected chi connectivity index (χ3v) is 2.97. The molecule has 0 aliphatic heterocycles. The molecule has 21 heavy (non-hydrogen) atoms. The van der Waals surface area contributed by atoms with E-state index in [1.807, 2.05) is 28.8 Å². The maximum Gasteiger partial charge on any atom is 0.244 e. The first-order valence-corrected chi connectivity index (χ1v) is 6.61. The largest absolute Gasteiger partial charge is 0.465 e. The Morgan fingerprint density at radius 1 is 1.29 bits per heavy atom. The van der Waals surface area contributed by atoms with Crippen LogP contribution in [0.25, 0.3) is 11.7 Å². The van der Waals surface area contributed by atoms with Crippen molar-refractivity contribution in [3.63, 3.8) is 0 Å². The van der Waals surface area contributed by atoms with E-state index in [1.165, 1.54) is 6.08 Å². The number of aromatic nitrogens is 3. The Morgan fingerprint density at radius 2 is 2.24 bits per heavy atom. The van der Waals surface area contributed by atoms with Crippen LogP contribution in [0.5, 0.6) is 0 Å². The average Bonchev–Trinajstić information content (AvgIpc) is 3.15. The molecule has 0 saturated heterocycles. The number of nitrogens with zero attached hydrogens (tertiary/aromatic N) is 3. The summed E-state index contributed by atoms with van der Waals surface area (Å²) in [5.74, 6) is 1.30. The molecule has 0 fully saturated rings. The lowest BCUT2D eigenvalue weighted by atomic mass is 10.3. The number of hydrogen-bond donors (Lipinski definition) is 1. The molecule has 0 atom stereocenters. The molecule has 106 valence electrons. The molecular formula is C15H14N4O2. The second-order valence-corrected chi connectivity index (χ2v) is 4.43. The highest BCUT2D eigenvalue weighted by atomic mass is 16.3. The lowest BCUT2D eigenvalue weighted by molar-refractivity contribution is -0.116. The van der Waals surface area contributed by atoms with Gasteiger partial charge in [0.1, 0.15) is 11.6 Å². The minimum absolute atomic E-state index is 0.166. The molecular weight excluding hydrogens is 268 g/mol. The predicted molar refractivity (Wildman–Crippen MR) is 77.4 cm³/mol. The quantitative estimate of drug-likeness (QED) is 0.723. The summed E-state index contributed by atoms with van der Waals surface area (Å²) in [5.41, 5.74) is 0.802. The monoisotopic (exact) mass is 282 g/mol. The van der Waals surface area contributed by atoms with E-state index in [1.54, 1.807) is 24.5 Å². The average molecular weight is 282 g/mol. The first kappa shape index (κ1) is 13.1. The highest BCUT2D eigenvalue weighted by Crippen LogP contribution is 2.03. The van der Waals surface area contributed by atoms with Crippen molar-refractivity contribution in [2.45, 2.75) is 6.42 Å². The van der Waals surface area contributed by atoms with Crippen molar-refractivity contribution in [3.8, 4) is 0 Å². The summed E-state index contributed by atoms with van der Waals surface area (Å²) in [6, 6.07) is 9.28. The van der Waals surface area contributed by atoms with Gasteiger partial charge < -0.3 is 9.73 Å². The summed E-state index contributed by atoms with van der Waals surface area (Å²) in [6.45, 7) is 0.497. The van der Waals surface area contributed by atoms with Crippen molar-refractivity contribution in [1.82, 2.24) is 19.9 Å². The molecule has 0 aromatic carbocycles. The van der Waals surface area contributed by atoms with Crippen LogP contribution in [0, 0.1) is 0 Å². The zero-order chi connectivity index (χ0) is 14.5. The van der Waals surface area contributed by atoms with E-state index in [9.17, 15) is 4.79 Å². The zero-order valence-electron chi connectivity index (χ0n) is 11.3. The molecule has 3 rings (SSSR count). The number of fused-ring (bicyclic) bond motifs is 1. The Balaban J connectivity index is 1.53. The lowest BCUT2D eigenvalue weighted by Gasteiger charge is -2.01. The summed E-state index contributed by atoms with van der Waals surface area (Å²) < 4.78 is 7.01. The number of carbonyl (C=O) groups excluding carboxylic acids is 1. The molecule has 0 aliphatic carbocycles. The summed E-state index contributed by atoms with van der Waals surface area (Å²) in [6.07, 6.45) is 7.16. The van der Waals surface area contributed by atoms with E-state index in [0.29, 0.717) is 18.7 Å². The first-order valence-electron chi connectivity index (χ1n) is 6.61. The molecule has 0 radical (unpaired) electrons. The number of pyridine rings is 1. The number of hydrogen-bond acceptors (Lipinski definition) is 4. The normalized spacial score (nSPS) is 11.2. The molecule has 6 nitrogen and oxygen atoms in total. The Kier molecular flexibility index (Phi) is 3.77. The van der Waals surface area contributed by atoms with Crippen LogP contribution in [-0.2, 0) is 11.2 Å². The van der Waals surface area contributed by atoms with Crippen LogP contribution in [0.3, 0.4) is 0 Å². The molecule has 3 heterocycles. The van der Waals surface area contributed by atoms with Crippen molar-refractivity contribution in [3.05, 3.63) is 60.5 Å². The van der Waals surface area contributed by atoms with Crippen molar-refractivity contribution >= 4 is 17.6 Å². The molecule has 0 unspecified atom stereocenters. The van der Waals surface area contributed by atoms with E-state index in [0.717, 1.165) is 11.5 Å². The van der Waals surface area contributed by atoms with Crippen LogP contribution in [0.2, 0.25) is 0 Å². The standard InChI is InChI=1S/C15H14N4O2/c20-15(7-6-12-4-3-11-21-12)16-9-8-14-18-17-13-5-1-2-10-19(13)14/h1-7,10-11H,8-9H2,(H,16,20)/b7-6+. The van der Waals surface area contributed by atoms with Crippen LogP contribution in [0.15, 0.2) is 53.3 Å². The Hall–Kier alpha value is -2.89. The molecule has 6 heteroatoms. The second kappa shape index (κ2) is 6.04. The maximum absolute atomic E-state index is 11.6. The maximum atomic E-state index is 11.6. The van der Waals surface area contributed by atoms with Gasteiger partial charge in [0.15, 0.2) is 5.65 Å². The van der Waals surface area contributed by atoms with E-state index < -0.39 is 0 Å². The van der Waals surface area contributed by atoms with Crippen molar-refractivity contribution in [2.24, 2.45) is 0 Å². The fourth-order valence-electron chi connectivity index (χ4n) is 1.96. The van der Waals surface area contributed by atoms with Gasteiger partial charge in [-0.05, 0) is 30.3 Å². The fraction of sp³-hybridized carbons (Fsp3) is 0.133. The van der Waals surface area contributed by atoms with Crippen molar-refractivity contribution < 1.29 is 9.21 Å². The molecule has 3 aromatic rings. The van der Waals surface area contributed by atoms with E-state index in [4.69, 9.17) is 4.42 Å². The topological polar surface area (TPSA) is 72.4 Å². The number of nitrogens with one attached hydrogen (secondary N) is 1. The van der Waals surface area contributed by atoms with Crippen molar-refractivity contribution in [1.29, 1.82) is 0 Å². The van der Waals surface area contributed by atoms with Crippen molar-refractivity contribution in [2.75, 3.05) is 6.54 Å². The fourth-order valence-corrected chi connectivity index (χ4v) is 1.96. The third-order valence-electron chi connectivity index (χ3n) is 2.97. The van der Waals surface area contributed by atoms with Gasteiger partial charge in [-0.1, -0.05) is 6.07 Å². The summed E-state index contributed by atoms with van der Waals surface area (Å²) in [5, 5.41) is 11.0. The second-order valence-electron chi connectivity index (χ2n) is 4.43. The highest BCUT2D eigenvalue weighted by Gasteiger charge is 2.04. The lowest BCUT2D eigenvalue weighted by Crippen LogP contribution is -2.24. The van der Waals surface area contributed by atoms with Gasteiger partial charge in [0, 0.05) is 25.2 Å². The van der Waals surface area contributed by atoms with E-state index in [2.05, 4.69) is 15.5 Å². The summed E-state index contributed by atoms with van der Waals surface area (Å²) in [7, 11) is 0. The van der Waals surface area contributed by atoms with E-state index >= 15 is 0 Å². The Bertz CT molecular complexity index is 759. The minimum atomic E-state index is -0.166. The smallest absolute Gasteiger partial charge is 0.244 e. The highest BCUT2D eigenvalue weighted by molar-refractivity contribution is 5.91. The number of furan rings is 1. The molecule has 0 spiro atoms.